The molecular formula is C24H34O10. The van der Waals surface area contributed by atoms with Crippen molar-refractivity contribution in [2.75, 3.05) is 6.61 Å². The van der Waals surface area contributed by atoms with Crippen LogP contribution in [0.5, 0.6) is 23.0 Å². The highest BCUT2D eigenvalue weighted by molar-refractivity contribution is 5.41. The molecule has 10 nitrogen and oxygen atoms in total. The van der Waals surface area contributed by atoms with E-state index in [4.69, 9.17) is 25.5 Å². The molecule has 9 N–H and O–H groups in total. The van der Waals surface area contributed by atoms with E-state index in [0.717, 1.165) is 24.0 Å². The number of phenolic OH excluding ortho intramolecular Hbond substituents is 4. The normalized spacial score (nSPS) is 26.3. The Balaban J connectivity index is 0.000000287. The van der Waals surface area contributed by atoms with E-state index in [9.17, 15) is 20.4 Å². The van der Waals surface area contributed by atoms with Crippen molar-refractivity contribution in [2.24, 2.45) is 11.8 Å². The van der Waals surface area contributed by atoms with E-state index < -0.39 is 37.3 Å². The number of aromatic hydroxyl groups is 4. The van der Waals surface area contributed by atoms with Crippen molar-refractivity contribution < 1.29 is 50.7 Å². The number of aliphatic hydroxyl groups is 5. The molecule has 1 heterocycles. The molecule has 0 aliphatic carbocycles. The molecular weight excluding hydrogens is 448 g/mol. The van der Waals surface area contributed by atoms with Gasteiger partial charge in [-0.25, -0.2) is 0 Å². The van der Waals surface area contributed by atoms with Gasteiger partial charge in [0.25, 0.3) is 0 Å². The molecule has 0 amide bonds. The van der Waals surface area contributed by atoms with E-state index >= 15 is 0 Å². The average Bonchev–Trinajstić information content (AvgIpc) is 2.80. The highest BCUT2D eigenvalue weighted by Gasteiger charge is 2.42. The number of aliphatic hydroxyl groups excluding tert-OH is 5. The zero-order valence-electron chi connectivity index (χ0n) is 19.1. The maximum absolute atomic E-state index is 9.54. The summed E-state index contributed by atoms with van der Waals surface area (Å²) < 4.78 is 4.58. The maximum atomic E-state index is 9.54. The summed E-state index contributed by atoms with van der Waals surface area (Å²) in [4.78, 5) is 0. The van der Waals surface area contributed by atoms with Crippen LogP contribution in [0, 0.1) is 11.8 Å². The molecule has 0 aromatic heterocycles. The van der Waals surface area contributed by atoms with E-state index in [1.54, 1.807) is 12.1 Å². The van der Waals surface area contributed by atoms with Gasteiger partial charge < -0.3 is 50.7 Å². The van der Waals surface area contributed by atoms with Gasteiger partial charge in [0, 0.05) is 0 Å². The van der Waals surface area contributed by atoms with Crippen LogP contribution < -0.4 is 0 Å². The summed E-state index contributed by atoms with van der Waals surface area (Å²) in [5.41, 5.74) is 1.95. The third-order valence-corrected chi connectivity index (χ3v) is 6.03. The summed E-state index contributed by atoms with van der Waals surface area (Å²) >= 11 is 0. The Labute approximate surface area is 197 Å². The number of rotatable bonds is 6. The van der Waals surface area contributed by atoms with Crippen LogP contribution in [0.3, 0.4) is 0 Å². The zero-order valence-corrected chi connectivity index (χ0v) is 19.1. The van der Waals surface area contributed by atoms with E-state index in [1.165, 1.54) is 12.1 Å². The van der Waals surface area contributed by atoms with Gasteiger partial charge in [0.1, 0.15) is 24.4 Å². The molecule has 3 rings (SSSR count). The smallest absolute Gasteiger partial charge is 0.184 e. The summed E-state index contributed by atoms with van der Waals surface area (Å²) in [6.07, 6.45) is -5.46. The summed E-state index contributed by atoms with van der Waals surface area (Å²) in [7, 11) is 0. The lowest BCUT2D eigenvalue weighted by Gasteiger charge is -2.37. The van der Waals surface area contributed by atoms with Crippen LogP contribution in [0.15, 0.2) is 36.4 Å². The summed E-state index contributed by atoms with van der Waals surface area (Å²) in [5.74, 6) is 0.314. The SMILES string of the molecule is C[C@H](Cc1ccc(O)c(O)c1)[C@@H](C)Cc1ccc(O)c(O)c1.OC[C@H]1O[C@H](O)[C@H](O)[C@@H](O)[C@@H]1O. The third-order valence-electron chi connectivity index (χ3n) is 6.03. The summed E-state index contributed by atoms with van der Waals surface area (Å²) in [5, 5.41) is 82.4. The fraction of sp³-hybridized carbons (Fsp3) is 0.500. The topological polar surface area (TPSA) is 191 Å². The highest BCUT2D eigenvalue weighted by atomic mass is 16.6. The molecule has 1 saturated heterocycles. The van der Waals surface area contributed by atoms with Crippen molar-refractivity contribution in [3.05, 3.63) is 47.5 Å². The molecule has 2 aromatic carbocycles. The van der Waals surface area contributed by atoms with Crippen molar-refractivity contribution in [3.8, 4) is 23.0 Å². The second-order valence-electron chi connectivity index (χ2n) is 8.73. The van der Waals surface area contributed by atoms with Crippen LogP contribution in [0.2, 0.25) is 0 Å². The van der Waals surface area contributed by atoms with Crippen molar-refractivity contribution in [1.82, 2.24) is 0 Å². The van der Waals surface area contributed by atoms with Crippen LogP contribution in [-0.4, -0.2) is 83.3 Å². The Bertz CT molecular complexity index is 858. The fourth-order valence-corrected chi connectivity index (χ4v) is 3.62. The zero-order chi connectivity index (χ0) is 25.6. The van der Waals surface area contributed by atoms with Gasteiger partial charge in [0.05, 0.1) is 6.61 Å². The number of hydrogen-bond donors (Lipinski definition) is 9. The standard InChI is InChI=1S/C18H22O4.C6H12O6/c1-11(7-13-3-5-15(19)17(21)9-13)12(2)8-14-4-6-16(20)18(22)10-14;7-1-2-3(8)4(9)5(10)6(11)12-2/h3-6,9-12,19-22H,7-8H2,1-2H3;2-11H,1H2/t11-,12+;2-,3-,4+,5-,6+/m.1/s1. The van der Waals surface area contributed by atoms with Gasteiger partial charge in [-0.2, -0.15) is 0 Å². The van der Waals surface area contributed by atoms with Crippen molar-refractivity contribution in [2.45, 2.75) is 57.4 Å². The number of benzene rings is 2. The van der Waals surface area contributed by atoms with Gasteiger partial charge in [-0.05, 0) is 60.1 Å². The molecule has 34 heavy (non-hydrogen) atoms. The highest BCUT2D eigenvalue weighted by Crippen LogP contribution is 2.30. The van der Waals surface area contributed by atoms with Gasteiger partial charge in [0.15, 0.2) is 29.3 Å². The molecule has 0 unspecified atom stereocenters. The second-order valence-corrected chi connectivity index (χ2v) is 8.73. The molecule has 0 bridgehead atoms. The van der Waals surface area contributed by atoms with Crippen LogP contribution >= 0.6 is 0 Å². The van der Waals surface area contributed by atoms with Crippen LogP contribution in [0.25, 0.3) is 0 Å². The molecule has 1 aliphatic heterocycles. The van der Waals surface area contributed by atoms with Gasteiger partial charge in [-0.15, -0.1) is 0 Å². The Morgan fingerprint density at radius 2 is 1.12 bits per heavy atom. The molecule has 0 saturated carbocycles. The first-order valence-electron chi connectivity index (χ1n) is 10.9. The van der Waals surface area contributed by atoms with E-state index in [-0.39, 0.29) is 23.0 Å². The minimum atomic E-state index is -1.57. The molecule has 190 valence electrons. The molecule has 2 aromatic rings. The van der Waals surface area contributed by atoms with Crippen molar-refractivity contribution >= 4 is 0 Å². The average molecular weight is 483 g/mol. The minimum Gasteiger partial charge on any atom is -0.504 e. The first kappa shape index (κ1) is 27.6. The van der Waals surface area contributed by atoms with Gasteiger partial charge in [0.2, 0.25) is 0 Å². The molecule has 0 spiro atoms. The van der Waals surface area contributed by atoms with Crippen LogP contribution in [-0.2, 0) is 17.6 Å². The van der Waals surface area contributed by atoms with Crippen LogP contribution in [0.4, 0.5) is 0 Å². The Kier molecular flexibility index (Phi) is 9.92. The van der Waals surface area contributed by atoms with Crippen LogP contribution in [0.1, 0.15) is 25.0 Å². The maximum Gasteiger partial charge on any atom is 0.184 e. The Morgan fingerprint density at radius 3 is 1.50 bits per heavy atom. The number of phenols is 4. The van der Waals surface area contributed by atoms with E-state index in [2.05, 4.69) is 18.6 Å². The van der Waals surface area contributed by atoms with Gasteiger partial charge in [-0.1, -0.05) is 26.0 Å². The first-order chi connectivity index (χ1) is 15.9. The monoisotopic (exact) mass is 482 g/mol. The predicted molar refractivity (Wildman–Crippen MR) is 121 cm³/mol. The van der Waals surface area contributed by atoms with Gasteiger partial charge in [-0.3, -0.25) is 0 Å². The minimum absolute atomic E-state index is 0.0965. The Morgan fingerprint density at radius 1 is 0.676 bits per heavy atom. The second kappa shape index (κ2) is 12.2. The summed E-state index contributed by atoms with van der Waals surface area (Å²) in [6.45, 7) is 3.74. The van der Waals surface area contributed by atoms with Crippen molar-refractivity contribution in [3.63, 3.8) is 0 Å². The van der Waals surface area contributed by atoms with E-state index in [1.807, 2.05) is 12.1 Å². The molecule has 1 fully saturated rings. The molecule has 1 aliphatic rings. The number of hydrogen-bond acceptors (Lipinski definition) is 10. The quantitative estimate of drug-likeness (QED) is 0.260. The predicted octanol–water partition coefficient (Wildman–Crippen LogP) is 0.345. The van der Waals surface area contributed by atoms with Gasteiger partial charge >= 0.3 is 0 Å². The molecule has 7 atom stereocenters. The lowest BCUT2D eigenvalue weighted by molar-refractivity contribution is -0.286. The lowest BCUT2D eigenvalue weighted by Crippen LogP contribution is -2.58. The Hall–Kier alpha value is -2.60. The lowest BCUT2D eigenvalue weighted by atomic mass is 9.85. The largest absolute Gasteiger partial charge is 0.504 e. The molecule has 10 heteroatoms. The third kappa shape index (κ3) is 7.20. The summed E-state index contributed by atoms with van der Waals surface area (Å²) in [6, 6.07) is 9.80. The van der Waals surface area contributed by atoms with Crippen molar-refractivity contribution in [1.29, 1.82) is 0 Å². The number of ether oxygens (including phenoxy) is 1. The molecule has 0 radical (unpaired) electrons. The first-order valence-corrected chi connectivity index (χ1v) is 10.9. The fourth-order valence-electron chi connectivity index (χ4n) is 3.62. The van der Waals surface area contributed by atoms with E-state index in [0.29, 0.717) is 11.8 Å².